The van der Waals surface area contributed by atoms with E-state index >= 15 is 0 Å². The van der Waals surface area contributed by atoms with Crippen molar-refractivity contribution in [3.8, 4) is 28.3 Å². The number of anilines is 1. The molecule has 0 fully saturated rings. The lowest BCUT2D eigenvalue weighted by Crippen LogP contribution is -2.16. The van der Waals surface area contributed by atoms with Crippen LogP contribution in [-0.4, -0.2) is 33.1 Å². The summed E-state index contributed by atoms with van der Waals surface area (Å²) in [7, 11) is 0. The molecular formula is C24H23N5O2S. The Balaban J connectivity index is 1.43. The number of nitrogens with one attached hydrogen (secondary N) is 1. The smallest absolute Gasteiger partial charge is 0.234 e. The van der Waals surface area contributed by atoms with E-state index in [0.717, 1.165) is 28.1 Å². The van der Waals surface area contributed by atoms with Crippen molar-refractivity contribution >= 4 is 23.4 Å². The topological polar surface area (TPSA) is 95.1 Å². The fourth-order valence-corrected chi connectivity index (χ4v) is 3.90. The number of ether oxygens (including phenoxy) is 1. The van der Waals surface area contributed by atoms with Crippen molar-refractivity contribution in [3.63, 3.8) is 0 Å². The molecule has 0 saturated carbocycles. The average molecular weight is 446 g/mol. The molecule has 0 aliphatic carbocycles. The number of hydrogen-bond acceptors (Lipinski definition) is 6. The molecule has 0 radical (unpaired) electrons. The van der Waals surface area contributed by atoms with Gasteiger partial charge in [-0.25, -0.2) is 4.68 Å². The van der Waals surface area contributed by atoms with Crippen LogP contribution in [0.5, 0.6) is 5.75 Å². The fourth-order valence-electron chi connectivity index (χ4n) is 3.24. The minimum Gasteiger partial charge on any atom is -0.494 e. The molecule has 1 aromatic heterocycles. The van der Waals surface area contributed by atoms with Crippen molar-refractivity contribution in [2.24, 2.45) is 0 Å². The summed E-state index contributed by atoms with van der Waals surface area (Å²) in [6, 6.07) is 25.1. The lowest BCUT2D eigenvalue weighted by atomic mass is 10.0. The van der Waals surface area contributed by atoms with Crippen molar-refractivity contribution in [2.75, 3.05) is 23.5 Å². The van der Waals surface area contributed by atoms with Gasteiger partial charge in [0.2, 0.25) is 11.1 Å². The summed E-state index contributed by atoms with van der Waals surface area (Å²) in [5, 5.41) is 11.8. The molecule has 0 unspecified atom stereocenters. The number of carbonyl (C=O) groups is 1. The van der Waals surface area contributed by atoms with Gasteiger partial charge in [0, 0.05) is 16.8 Å². The summed E-state index contributed by atoms with van der Waals surface area (Å²) >= 11 is 1.23. The fraction of sp³-hybridized carbons (Fsp3) is 0.125. The molecule has 7 nitrogen and oxygen atoms in total. The quantitative estimate of drug-likeness (QED) is 0.307. The summed E-state index contributed by atoms with van der Waals surface area (Å²) in [6.45, 7) is 2.50. The summed E-state index contributed by atoms with van der Waals surface area (Å²) in [5.74, 6) is 7.43. The van der Waals surface area contributed by atoms with E-state index in [1.807, 2.05) is 85.8 Å². The standard InChI is InChI=1S/C24H23N5O2S/c1-2-31-19-12-8-11-18(15-19)23-27-28-24(29(23)25)32-16-22(30)26-21-14-7-6-13-20(21)17-9-4-3-5-10-17/h3-15H,2,16,25H2,1H3,(H,26,30). The van der Waals surface area contributed by atoms with Crippen LogP contribution in [-0.2, 0) is 4.79 Å². The van der Waals surface area contributed by atoms with E-state index in [4.69, 9.17) is 10.6 Å². The molecule has 1 amide bonds. The number of nitrogens with two attached hydrogens (primary N) is 1. The van der Waals surface area contributed by atoms with Gasteiger partial charge in [0.15, 0.2) is 5.82 Å². The van der Waals surface area contributed by atoms with Crippen LogP contribution in [0.25, 0.3) is 22.5 Å². The third-order valence-corrected chi connectivity index (χ3v) is 5.63. The van der Waals surface area contributed by atoms with Crippen LogP contribution in [0.15, 0.2) is 84.0 Å². The first-order valence-corrected chi connectivity index (χ1v) is 11.1. The molecule has 0 spiro atoms. The Bertz CT molecular complexity index is 1210. The predicted molar refractivity (Wildman–Crippen MR) is 128 cm³/mol. The van der Waals surface area contributed by atoms with Crippen molar-refractivity contribution < 1.29 is 9.53 Å². The maximum absolute atomic E-state index is 12.6. The number of aromatic nitrogens is 3. The zero-order chi connectivity index (χ0) is 22.3. The van der Waals surface area contributed by atoms with Gasteiger partial charge >= 0.3 is 0 Å². The predicted octanol–water partition coefficient (Wildman–Crippen LogP) is 4.46. The minimum atomic E-state index is -0.152. The Hall–Kier alpha value is -3.78. The lowest BCUT2D eigenvalue weighted by Gasteiger charge is -2.11. The average Bonchev–Trinajstić information content (AvgIpc) is 3.19. The van der Waals surface area contributed by atoms with E-state index in [-0.39, 0.29) is 11.7 Å². The number of nitrogen functional groups attached to an aromatic ring is 1. The first kappa shape index (κ1) is 21.5. The molecule has 0 bridgehead atoms. The third kappa shape index (κ3) is 4.92. The monoisotopic (exact) mass is 445 g/mol. The first-order chi connectivity index (χ1) is 15.7. The summed E-state index contributed by atoms with van der Waals surface area (Å²) in [6.07, 6.45) is 0. The number of benzene rings is 3. The van der Waals surface area contributed by atoms with Crippen LogP contribution in [0.1, 0.15) is 6.92 Å². The van der Waals surface area contributed by atoms with E-state index in [0.29, 0.717) is 17.6 Å². The lowest BCUT2D eigenvalue weighted by molar-refractivity contribution is -0.113. The van der Waals surface area contributed by atoms with Crippen molar-refractivity contribution in [3.05, 3.63) is 78.9 Å². The highest BCUT2D eigenvalue weighted by Crippen LogP contribution is 2.28. The molecule has 4 rings (SSSR count). The van der Waals surface area contributed by atoms with Crippen LogP contribution in [0.4, 0.5) is 5.69 Å². The maximum Gasteiger partial charge on any atom is 0.234 e. The second-order valence-corrected chi connectivity index (χ2v) is 7.83. The normalized spacial score (nSPS) is 10.7. The molecule has 0 aliphatic rings. The molecule has 0 saturated heterocycles. The van der Waals surface area contributed by atoms with Gasteiger partial charge < -0.3 is 15.9 Å². The van der Waals surface area contributed by atoms with Gasteiger partial charge in [0.25, 0.3) is 0 Å². The number of para-hydroxylation sites is 1. The molecule has 32 heavy (non-hydrogen) atoms. The Morgan fingerprint density at radius 3 is 2.56 bits per heavy atom. The Labute approximate surface area is 190 Å². The van der Waals surface area contributed by atoms with Gasteiger partial charge in [0.1, 0.15) is 5.75 Å². The minimum absolute atomic E-state index is 0.150. The number of rotatable bonds is 8. The van der Waals surface area contributed by atoms with Crippen molar-refractivity contribution in [2.45, 2.75) is 12.1 Å². The van der Waals surface area contributed by atoms with E-state index < -0.39 is 0 Å². The molecule has 0 aliphatic heterocycles. The van der Waals surface area contributed by atoms with Crippen LogP contribution in [0.2, 0.25) is 0 Å². The largest absolute Gasteiger partial charge is 0.494 e. The van der Waals surface area contributed by atoms with E-state index in [2.05, 4.69) is 15.5 Å². The zero-order valence-corrected chi connectivity index (χ0v) is 18.4. The number of carbonyl (C=O) groups excluding carboxylic acids is 1. The van der Waals surface area contributed by atoms with Crippen molar-refractivity contribution in [1.29, 1.82) is 0 Å². The van der Waals surface area contributed by atoms with E-state index in [1.165, 1.54) is 16.4 Å². The molecule has 162 valence electrons. The van der Waals surface area contributed by atoms with Gasteiger partial charge in [0.05, 0.1) is 12.4 Å². The van der Waals surface area contributed by atoms with Gasteiger partial charge in [-0.15, -0.1) is 10.2 Å². The van der Waals surface area contributed by atoms with Crippen LogP contribution in [0.3, 0.4) is 0 Å². The summed E-state index contributed by atoms with van der Waals surface area (Å²) in [4.78, 5) is 12.6. The van der Waals surface area contributed by atoms with Crippen molar-refractivity contribution in [1.82, 2.24) is 14.9 Å². The Morgan fingerprint density at radius 1 is 1.00 bits per heavy atom. The second-order valence-electron chi connectivity index (χ2n) is 6.89. The third-order valence-electron chi connectivity index (χ3n) is 4.69. The Morgan fingerprint density at radius 2 is 1.75 bits per heavy atom. The number of nitrogens with zero attached hydrogens (tertiary/aromatic N) is 3. The second kappa shape index (κ2) is 10.0. The molecule has 0 atom stereocenters. The van der Waals surface area contributed by atoms with Crippen LogP contribution >= 0.6 is 11.8 Å². The molecule has 3 aromatic carbocycles. The molecule has 1 heterocycles. The van der Waals surface area contributed by atoms with Crippen LogP contribution < -0.4 is 15.9 Å². The zero-order valence-electron chi connectivity index (χ0n) is 17.6. The van der Waals surface area contributed by atoms with E-state index in [9.17, 15) is 4.79 Å². The highest BCUT2D eigenvalue weighted by molar-refractivity contribution is 7.99. The van der Waals surface area contributed by atoms with Gasteiger partial charge in [-0.05, 0) is 30.7 Å². The number of amides is 1. The number of thioether (sulfide) groups is 1. The highest BCUT2D eigenvalue weighted by Gasteiger charge is 2.15. The molecule has 8 heteroatoms. The molecular weight excluding hydrogens is 422 g/mol. The first-order valence-electron chi connectivity index (χ1n) is 10.2. The van der Waals surface area contributed by atoms with E-state index in [1.54, 1.807) is 0 Å². The highest BCUT2D eigenvalue weighted by atomic mass is 32.2. The maximum atomic E-state index is 12.6. The summed E-state index contributed by atoms with van der Waals surface area (Å²) in [5.41, 5.74) is 3.55. The SMILES string of the molecule is CCOc1cccc(-c2nnc(SCC(=O)Nc3ccccc3-c3ccccc3)n2N)c1. The van der Waals surface area contributed by atoms with Gasteiger partial charge in [-0.1, -0.05) is 72.4 Å². The van der Waals surface area contributed by atoms with Gasteiger partial charge in [-0.3, -0.25) is 4.79 Å². The Kier molecular flexibility index (Phi) is 6.72. The van der Waals surface area contributed by atoms with Gasteiger partial charge in [-0.2, -0.15) is 0 Å². The summed E-state index contributed by atoms with van der Waals surface area (Å²) < 4.78 is 6.93. The molecule has 3 N–H and O–H groups in total. The number of hydrogen-bond donors (Lipinski definition) is 2. The van der Waals surface area contributed by atoms with Crippen LogP contribution in [0, 0.1) is 0 Å². The molecule has 4 aromatic rings.